The standard InChI is InChI=1S/C10H12ClN3.ClH/c1-2-12-7-8-10(11)13-9-5-3-4-6-14(8)9;/h3-6,12H,2,7H2,1H3;1H. The van der Waals surface area contributed by atoms with E-state index in [0.717, 1.165) is 24.4 Å². The van der Waals surface area contributed by atoms with Crippen molar-refractivity contribution in [1.82, 2.24) is 14.7 Å². The molecule has 15 heavy (non-hydrogen) atoms. The zero-order valence-electron chi connectivity index (χ0n) is 8.40. The van der Waals surface area contributed by atoms with E-state index in [9.17, 15) is 0 Å². The molecule has 0 bridgehead atoms. The average Bonchev–Trinajstić information content (AvgIpc) is 2.51. The molecule has 0 amide bonds. The van der Waals surface area contributed by atoms with Crippen molar-refractivity contribution in [1.29, 1.82) is 0 Å². The zero-order chi connectivity index (χ0) is 9.97. The van der Waals surface area contributed by atoms with Crippen LogP contribution in [0, 0.1) is 0 Å². The molecule has 0 saturated carbocycles. The SMILES string of the molecule is CCNCc1c(Cl)nc2ccccn12.Cl. The second-order valence-corrected chi connectivity index (χ2v) is 3.42. The number of fused-ring (bicyclic) bond motifs is 1. The van der Waals surface area contributed by atoms with E-state index in [0.29, 0.717) is 5.15 Å². The van der Waals surface area contributed by atoms with Crippen LogP contribution in [0.15, 0.2) is 24.4 Å². The van der Waals surface area contributed by atoms with Gasteiger partial charge in [0.15, 0.2) is 5.15 Å². The van der Waals surface area contributed by atoms with Crippen molar-refractivity contribution < 1.29 is 0 Å². The van der Waals surface area contributed by atoms with Gasteiger partial charge in [-0.25, -0.2) is 4.98 Å². The van der Waals surface area contributed by atoms with Gasteiger partial charge in [-0.15, -0.1) is 12.4 Å². The van der Waals surface area contributed by atoms with Crippen LogP contribution in [0.1, 0.15) is 12.6 Å². The van der Waals surface area contributed by atoms with Crippen LogP contribution in [-0.2, 0) is 6.54 Å². The van der Waals surface area contributed by atoms with Gasteiger partial charge in [0.2, 0.25) is 0 Å². The third-order valence-electron chi connectivity index (χ3n) is 2.12. The average molecular weight is 246 g/mol. The van der Waals surface area contributed by atoms with E-state index in [1.54, 1.807) is 0 Å². The van der Waals surface area contributed by atoms with Gasteiger partial charge in [0.1, 0.15) is 5.65 Å². The fraction of sp³-hybridized carbons (Fsp3) is 0.300. The van der Waals surface area contributed by atoms with E-state index < -0.39 is 0 Å². The van der Waals surface area contributed by atoms with E-state index >= 15 is 0 Å². The van der Waals surface area contributed by atoms with E-state index in [4.69, 9.17) is 11.6 Å². The van der Waals surface area contributed by atoms with Gasteiger partial charge >= 0.3 is 0 Å². The Bertz CT molecular complexity index is 439. The summed E-state index contributed by atoms with van der Waals surface area (Å²) < 4.78 is 2.00. The third kappa shape index (κ3) is 2.43. The van der Waals surface area contributed by atoms with Crippen molar-refractivity contribution >= 4 is 29.7 Å². The van der Waals surface area contributed by atoms with Gasteiger partial charge in [0, 0.05) is 12.7 Å². The minimum Gasteiger partial charge on any atom is -0.311 e. The van der Waals surface area contributed by atoms with Gasteiger partial charge in [-0.3, -0.25) is 0 Å². The summed E-state index contributed by atoms with van der Waals surface area (Å²) in [6, 6.07) is 5.87. The molecule has 0 aliphatic rings. The molecule has 2 heterocycles. The van der Waals surface area contributed by atoms with Crippen LogP contribution in [0.2, 0.25) is 5.15 Å². The van der Waals surface area contributed by atoms with Gasteiger partial charge in [0.05, 0.1) is 5.69 Å². The topological polar surface area (TPSA) is 29.3 Å². The molecule has 0 spiro atoms. The Balaban J connectivity index is 0.00000112. The molecule has 0 aliphatic heterocycles. The van der Waals surface area contributed by atoms with Crippen LogP contribution in [0.25, 0.3) is 5.65 Å². The molecule has 5 heteroatoms. The normalized spacial score (nSPS) is 10.3. The third-order valence-corrected chi connectivity index (χ3v) is 2.43. The molecule has 0 aromatic carbocycles. The molecule has 2 rings (SSSR count). The highest BCUT2D eigenvalue weighted by atomic mass is 35.5. The highest BCUT2D eigenvalue weighted by Crippen LogP contribution is 2.16. The van der Waals surface area contributed by atoms with Crippen LogP contribution in [0.3, 0.4) is 0 Å². The van der Waals surface area contributed by atoms with Gasteiger partial charge in [-0.05, 0) is 18.7 Å². The predicted molar refractivity (Wildman–Crippen MR) is 64.8 cm³/mol. The lowest BCUT2D eigenvalue weighted by atomic mass is 10.4. The number of imidazole rings is 1. The second-order valence-electron chi connectivity index (χ2n) is 3.06. The van der Waals surface area contributed by atoms with Gasteiger partial charge in [-0.2, -0.15) is 0 Å². The lowest BCUT2D eigenvalue weighted by Gasteiger charge is -2.01. The largest absolute Gasteiger partial charge is 0.311 e. The Kier molecular flexibility index (Phi) is 4.39. The molecule has 82 valence electrons. The quantitative estimate of drug-likeness (QED) is 0.901. The fourth-order valence-corrected chi connectivity index (χ4v) is 1.66. The molecule has 0 fully saturated rings. The highest BCUT2D eigenvalue weighted by Gasteiger charge is 2.07. The van der Waals surface area contributed by atoms with Crippen LogP contribution in [0.5, 0.6) is 0 Å². The summed E-state index contributed by atoms with van der Waals surface area (Å²) in [6.07, 6.45) is 1.97. The summed E-state index contributed by atoms with van der Waals surface area (Å²) in [4.78, 5) is 4.25. The van der Waals surface area contributed by atoms with E-state index in [1.165, 1.54) is 0 Å². The summed E-state index contributed by atoms with van der Waals surface area (Å²) in [7, 11) is 0. The minimum absolute atomic E-state index is 0. The predicted octanol–water partition coefficient (Wildman–Crippen LogP) is 2.52. The number of nitrogens with zero attached hydrogens (tertiary/aromatic N) is 2. The Hall–Kier alpha value is -0.770. The van der Waals surface area contributed by atoms with Crippen molar-refractivity contribution in [3.8, 4) is 0 Å². The van der Waals surface area contributed by atoms with Gasteiger partial charge in [-0.1, -0.05) is 24.6 Å². The van der Waals surface area contributed by atoms with Crippen molar-refractivity contribution in [2.75, 3.05) is 6.54 Å². The highest BCUT2D eigenvalue weighted by molar-refractivity contribution is 6.30. The van der Waals surface area contributed by atoms with E-state index in [1.807, 2.05) is 28.8 Å². The second kappa shape index (κ2) is 5.35. The van der Waals surface area contributed by atoms with Crippen molar-refractivity contribution in [3.63, 3.8) is 0 Å². The first-order valence-electron chi connectivity index (χ1n) is 4.65. The first-order chi connectivity index (χ1) is 6.83. The Morgan fingerprint density at radius 3 is 3.00 bits per heavy atom. The van der Waals surface area contributed by atoms with Crippen molar-refractivity contribution in [3.05, 3.63) is 35.2 Å². The van der Waals surface area contributed by atoms with E-state index in [-0.39, 0.29) is 12.4 Å². The molecule has 2 aromatic rings. The smallest absolute Gasteiger partial charge is 0.152 e. The van der Waals surface area contributed by atoms with Crippen LogP contribution < -0.4 is 5.32 Å². The van der Waals surface area contributed by atoms with Crippen LogP contribution in [-0.4, -0.2) is 15.9 Å². The monoisotopic (exact) mass is 245 g/mol. The number of nitrogens with one attached hydrogen (secondary N) is 1. The fourth-order valence-electron chi connectivity index (χ4n) is 1.42. The van der Waals surface area contributed by atoms with E-state index in [2.05, 4.69) is 17.2 Å². The van der Waals surface area contributed by atoms with Crippen molar-refractivity contribution in [2.24, 2.45) is 0 Å². The molecule has 2 aromatic heterocycles. The summed E-state index contributed by atoms with van der Waals surface area (Å²) in [5.74, 6) is 0. The summed E-state index contributed by atoms with van der Waals surface area (Å²) in [5.41, 5.74) is 1.91. The zero-order valence-corrected chi connectivity index (χ0v) is 9.98. The maximum absolute atomic E-state index is 6.03. The number of hydrogen-bond acceptors (Lipinski definition) is 2. The Labute approximate surface area is 99.9 Å². The minimum atomic E-state index is 0. The van der Waals surface area contributed by atoms with Gasteiger partial charge < -0.3 is 9.72 Å². The summed E-state index contributed by atoms with van der Waals surface area (Å²) in [5, 5.41) is 3.82. The summed E-state index contributed by atoms with van der Waals surface area (Å²) in [6.45, 7) is 3.74. The maximum atomic E-state index is 6.03. The first-order valence-corrected chi connectivity index (χ1v) is 5.03. The van der Waals surface area contributed by atoms with Gasteiger partial charge in [0.25, 0.3) is 0 Å². The lowest BCUT2D eigenvalue weighted by molar-refractivity contribution is 0.706. The van der Waals surface area contributed by atoms with Crippen LogP contribution in [0.4, 0.5) is 0 Å². The molecular weight excluding hydrogens is 233 g/mol. The molecule has 0 atom stereocenters. The lowest BCUT2D eigenvalue weighted by Crippen LogP contribution is -2.13. The first kappa shape index (κ1) is 12.3. The molecule has 0 radical (unpaired) electrons. The number of aromatic nitrogens is 2. The molecule has 3 nitrogen and oxygen atoms in total. The molecular formula is C10H13Cl2N3. The maximum Gasteiger partial charge on any atom is 0.152 e. The molecule has 1 N–H and O–H groups in total. The summed E-state index contributed by atoms with van der Waals surface area (Å²) >= 11 is 6.03. The molecule has 0 saturated heterocycles. The Morgan fingerprint density at radius 1 is 1.47 bits per heavy atom. The molecule has 0 aliphatic carbocycles. The Morgan fingerprint density at radius 2 is 2.27 bits per heavy atom. The number of halogens is 2. The number of hydrogen-bond donors (Lipinski definition) is 1. The number of pyridine rings is 1. The van der Waals surface area contributed by atoms with Crippen molar-refractivity contribution in [2.45, 2.75) is 13.5 Å². The van der Waals surface area contributed by atoms with Crippen LogP contribution >= 0.6 is 24.0 Å². The molecule has 0 unspecified atom stereocenters. The number of rotatable bonds is 3.